The Balaban J connectivity index is 2.52. The Labute approximate surface area is 122 Å². The first-order valence-electron chi connectivity index (χ1n) is 6.43. The Bertz CT molecular complexity index is 459. The van der Waals surface area contributed by atoms with E-state index in [4.69, 9.17) is 9.84 Å². The molecular weight excluding hydrogens is 280 g/mol. The van der Waals surface area contributed by atoms with Crippen LogP contribution in [0, 0.1) is 11.8 Å². The zero-order chi connectivity index (χ0) is 15.1. The zero-order valence-electron chi connectivity index (χ0n) is 11.9. The normalized spacial score (nSPS) is 12.2. The van der Waals surface area contributed by atoms with E-state index in [0.29, 0.717) is 23.2 Å². The minimum Gasteiger partial charge on any atom is -0.481 e. The van der Waals surface area contributed by atoms with Crippen LogP contribution in [0.2, 0.25) is 0 Å². The lowest BCUT2D eigenvalue weighted by molar-refractivity contribution is -0.138. The second-order valence-electron chi connectivity index (χ2n) is 5.04. The molecule has 112 valence electrons. The fourth-order valence-electron chi connectivity index (χ4n) is 1.94. The van der Waals surface area contributed by atoms with Crippen LogP contribution < -0.4 is 10.1 Å². The van der Waals surface area contributed by atoms with Crippen molar-refractivity contribution >= 4 is 23.4 Å². The molecule has 1 aromatic rings. The second kappa shape index (κ2) is 7.84. The van der Waals surface area contributed by atoms with Gasteiger partial charge in [-0.15, -0.1) is 0 Å². The Morgan fingerprint density at radius 1 is 1.50 bits per heavy atom. The first kappa shape index (κ1) is 16.4. The van der Waals surface area contributed by atoms with Gasteiger partial charge in [-0.2, -0.15) is 4.37 Å². The highest BCUT2D eigenvalue weighted by Gasteiger charge is 2.17. The smallest absolute Gasteiger partial charge is 0.303 e. The van der Waals surface area contributed by atoms with Gasteiger partial charge in [0.05, 0.1) is 7.11 Å². The summed E-state index contributed by atoms with van der Waals surface area (Å²) in [6, 6.07) is 1.56. The van der Waals surface area contributed by atoms with Crippen molar-refractivity contribution in [2.45, 2.75) is 26.7 Å². The van der Waals surface area contributed by atoms with Crippen molar-refractivity contribution in [2.24, 2.45) is 11.8 Å². The van der Waals surface area contributed by atoms with Gasteiger partial charge in [-0.25, -0.2) is 0 Å². The molecule has 20 heavy (non-hydrogen) atoms. The third-order valence-electron chi connectivity index (χ3n) is 2.74. The molecule has 0 saturated carbocycles. The van der Waals surface area contributed by atoms with E-state index in [-0.39, 0.29) is 18.2 Å². The van der Waals surface area contributed by atoms with Crippen molar-refractivity contribution < 1.29 is 19.4 Å². The molecule has 1 heterocycles. The van der Waals surface area contributed by atoms with Gasteiger partial charge >= 0.3 is 5.97 Å². The standard InChI is InChI=1S/C13H20N2O4S/c1-8(2)4-9(5-12(16)17)7-14-13(18)10-6-11(19-3)15-20-10/h6,8-9H,4-5,7H2,1-3H3,(H,14,18)(H,16,17)/t9-/m0/s1. The van der Waals surface area contributed by atoms with Crippen LogP contribution in [0.5, 0.6) is 5.88 Å². The van der Waals surface area contributed by atoms with Crippen molar-refractivity contribution in [2.75, 3.05) is 13.7 Å². The molecule has 0 bridgehead atoms. The summed E-state index contributed by atoms with van der Waals surface area (Å²) < 4.78 is 8.86. The predicted molar refractivity (Wildman–Crippen MR) is 76.2 cm³/mol. The van der Waals surface area contributed by atoms with Crippen LogP contribution >= 0.6 is 11.5 Å². The molecule has 0 spiro atoms. The van der Waals surface area contributed by atoms with Crippen molar-refractivity contribution in [3.05, 3.63) is 10.9 Å². The molecule has 0 radical (unpaired) electrons. The number of hydrogen-bond acceptors (Lipinski definition) is 5. The highest BCUT2D eigenvalue weighted by molar-refractivity contribution is 7.08. The van der Waals surface area contributed by atoms with Crippen molar-refractivity contribution in [3.63, 3.8) is 0 Å². The summed E-state index contributed by atoms with van der Waals surface area (Å²) in [5.74, 6) is -0.357. The number of carboxylic acid groups (broad SMARTS) is 1. The Morgan fingerprint density at radius 2 is 2.20 bits per heavy atom. The minimum atomic E-state index is -0.843. The summed E-state index contributed by atoms with van der Waals surface area (Å²) in [6.45, 7) is 4.42. The van der Waals surface area contributed by atoms with Gasteiger partial charge in [-0.05, 0) is 29.8 Å². The van der Waals surface area contributed by atoms with Crippen molar-refractivity contribution in [1.29, 1.82) is 0 Å². The SMILES string of the molecule is COc1cc(C(=O)NC[C@H](CC(=O)O)CC(C)C)sn1. The molecule has 7 heteroatoms. The quantitative estimate of drug-likeness (QED) is 0.766. The van der Waals surface area contributed by atoms with Gasteiger partial charge < -0.3 is 15.2 Å². The van der Waals surface area contributed by atoms with Crippen molar-refractivity contribution in [1.82, 2.24) is 9.69 Å². The topological polar surface area (TPSA) is 88.5 Å². The molecular formula is C13H20N2O4S. The number of nitrogens with one attached hydrogen (secondary N) is 1. The monoisotopic (exact) mass is 300 g/mol. The molecule has 0 saturated heterocycles. The zero-order valence-corrected chi connectivity index (χ0v) is 12.7. The molecule has 0 aliphatic heterocycles. The van der Waals surface area contributed by atoms with Gasteiger partial charge in [-0.3, -0.25) is 9.59 Å². The average Bonchev–Trinajstić information content (AvgIpc) is 2.83. The van der Waals surface area contributed by atoms with Gasteiger partial charge in [0.25, 0.3) is 5.91 Å². The average molecular weight is 300 g/mol. The number of aromatic nitrogens is 1. The van der Waals surface area contributed by atoms with Crippen LogP contribution in [-0.2, 0) is 4.79 Å². The maximum atomic E-state index is 11.9. The summed E-state index contributed by atoms with van der Waals surface area (Å²) in [7, 11) is 1.49. The maximum Gasteiger partial charge on any atom is 0.303 e. The first-order chi connectivity index (χ1) is 9.42. The van der Waals surface area contributed by atoms with E-state index in [2.05, 4.69) is 9.69 Å². The third-order valence-corrected chi connectivity index (χ3v) is 3.51. The van der Waals surface area contributed by atoms with E-state index in [1.807, 2.05) is 13.8 Å². The van der Waals surface area contributed by atoms with E-state index in [1.165, 1.54) is 7.11 Å². The summed E-state index contributed by atoms with van der Waals surface area (Å²) in [6.07, 6.45) is 0.822. The molecule has 6 nitrogen and oxygen atoms in total. The number of rotatable bonds is 8. The number of carbonyl (C=O) groups is 2. The number of hydrogen-bond donors (Lipinski definition) is 2. The highest BCUT2D eigenvalue weighted by atomic mass is 32.1. The molecule has 2 N–H and O–H groups in total. The Hall–Kier alpha value is -1.63. The van der Waals surface area contributed by atoms with Gasteiger partial charge in [0.1, 0.15) is 4.88 Å². The van der Waals surface area contributed by atoms with Crippen LogP contribution in [0.1, 0.15) is 36.4 Å². The molecule has 1 amide bonds. The summed E-state index contributed by atoms with van der Waals surface area (Å²) in [5.41, 5.74) is 0. The fraction of sp³-hybridized carbons (Fsp3) is 0.615. The van der Waals surface area contributed by atoms with Gasteiger partial charge in [0.15, 0.2) is 0 Å². The molecule has 0 unspecified atom stereocenters. The molecule has 1 atom stereocenters. The van der Waals surface area contributed by atoms with E-state index < -0.39 is 5.97 Å². The maximum absolute atomic E-state index is 11.9. The molecule has 0 aliphatic rings. The van der Waals surface area contributed by atoms with Crippen LogP contribution in [0.3, 0.4) is 0 Å². The first-order valence-corrected chi connectivity index (χ1v) is 7.20. The van der Waals surface area contributed by atoms with Crippen LogP contribution in [-0.4, -0.2) is 35.0 Å². The summed E-state index contributed by atoms with van der Waals surface area (Å²) in [4.78, 5) is 23.2. The number of methoxy groups -OCH3 is 1. The molecule has 0 fully saturated rings. The summed E-state index contributed by atoms with van der Waals surface area (Å²) >= 11 is 1.06. The predicted octanol–water partition coefficient (Wildman–Crippen LogP) is 2.02. The largest absolute Gasteiger partial charge is 0.481 e. The fourth-order valence-corrected chi connectivity index (χ4v) is 2.56. The van der Waals surface area contributed by atoms with E-state index in [0.717, 1.165) is 18.0 Å². The molecule has 0 aliphatic carbocycles. The number of carbonyl (C=O) groups excluding carboxylic acids is 1. The number of amides is 1. The van der Waals surface area contributed by atoms with Gasteiger partial charge in [0, 0.05) is 19.0 Å². The lowest BCUT2D eigenvalue weighted by atomic mass is 9.94. The van der Waals surface area contributed by atoms with Crippen LogP contribution in [0.15, 0.2) is 6.07 Å². The molecule has 0 aromatic carbocycles. The number of ether oxygens (including phenoxy) is 1. The third kappa shape index (κ3) is 5.56. The van der Waals surface area contributed by atoms with Crippen LogP contribution in [0.4, 0.5) is 0 Å². The minimum absolute atomic E-state index is 0.0600. The Kier molecular flexibility index (Phi) is 6.44. The Morgan fingerprint density at radius 3 is 2.70 bits per heavy atom. The lowest BCUT2D eigenvalue weighted by Crippen LogP contribution is -2.30. The van der Waals surface area contributed by atoms with Crippen molar-refractivity contribution in [3.8, 4) is 5.88 Å². The summed E-state index contributed by atoms with van der Waals surface area (Å²) in [5, 5.41) is 11.6. The number of aliphatic carboxylic acids is 1. The van der Waals surface area contributed by atoms with E-state index in [9.17, 15) is 9.59 Å². The van der Waals surface area contributed by atoms with Crippen LogP contribution in [0.25, 0.3) is 0 Å². The van der Waals surface area contributed by atoms with Gasteiger partial charge in [-0.1, -0.05) is 13.8 Å². The number of carboxylic acids is 1. The molecule has 1 aromatic heterocycles. The lowest BCUT2D eigenvalue weighted by Gasteiger charge is -2.17. The highest BCUT2D eigenvalue weighted by Crippen LogP contribution is 2.17. The van der Waals surface area contributed by atoms with E-state index >= 15 is 0 Å². The van der Waals surface area contributed by atoms with Gasteiger partial charge in [0.2, 0.25) is 5.88 Å². The van der Waals surface area contributed by atoms with E-state index in [1.54, 1.807) is 6.07 Å². The number of nitrogens with zero attached hydrogens (tertiary/aromatic N) is 1. The second-order valence-corrected chi connectivity index (χ2v) is 5.84. The molecule has 1 rings (SSSR count).